The fraction of sp³-hybridized carbons (Fsp3) is 0.211. The molecule has 0 unspecified atom stereocenters. The number of benzene rings is 2. The normalized spacial score (nSPS) is 10.7. The zero-order valence-electron chi connectivity index (χ0n) is 14.3. The monoisotopic (exact) mass is 370 g/mol. The molecule has 0 aliphatic carbocycles. The van der Waals surface area contributed by atoms with E-state index in [9.17, 15) is 9.18 Å². The van der Waals surface area contributed by atoms with Crippen molar-refractivity contribution in [3.8, 4) is 0 Å². The highest BCUT2D eigenvalue weighted by Gasteiger charge is 2.11. The van der Waals surface area contributed by atoms with Crippen LogP contribution in [0.5, 0.6) is 0 Å². The molecular weight excluding hydrogens is 351 g/mol. The maximum absolute atomic E-state index is 13.0. The van der Waals surface area contributed by atoms with Crippen molar-refractivity contribution in [3.05, 3.63) is 76.1 Å². The summed E-state index contributed by atoms with van der Waals surface area (Å²) in [6.45, 7) is 3.53. The molecule has 2 aromatic carbocycles. The predicted octanol–water partition coefficient (Wildman–Crippen LogP) is 2.96. The summed E-state index contributed by atoms with van der Waals surface area (Å²) in [6.07, 6.45) is 0. The van der Waals surface area contributed by atoms with Gasteiger partial charge in [0.2, 0.25) is 0 Å². The van der Waals surface area contributed by atoms with Crippen LogP contribution in [0.4, 0.5) is 4.39 Å². The summed E-state index contributed by atoms with van der Waals surface area (Å²) in [6, 6.07) is 13.5. The highest BCUT2D eigenvalue weighted by atomic mass is 32.1. The lowest BCUT2D eigenvalue weighted by molar-refractivity contribution is 0.415. The van der Waals surface area contributed by atoms with Crippen molar-refractivity contribution < 1.29 is 4.39 Å². The minimum atomic E-state index is -0.266. The Labute approximate surface area is 155 Å². The van der Waals surface area contributed by atoms with E-state index >= 15 is 0 Å². The molecule has 0 radical (unpaired) electrons. The van der Waals surface area contributed by atoms with Gasteiger partial charge in [-0.15, -0.1) is 0 Å². The molecule has 0 fully saturated rings. The molecular formula is C19H19FN4OS. The van der Waals surface area contributed by atoms with Gasteiger partial charge in [0.1, 0.15) is 11.6 Å². The molecule has 134 valence electrons. The molecule has 0 aliphatic heterocycles. The number of rotatable bonds is 5. The first kappa shape index (κ1) is 18.0. The van der Waals surface area contributed by atoms with E-state index in [0.717, 1.165) is 5.56 Å². The molecule has 1 heterocycles. The van der Waals surface area contributed by atoms with Gasteiger partial charge in [0.25, 0.3) is 5.56 Å². The Balaban J connectivity index is 1.69. The lowest BCUT2D eigenvalue weighted by Gasteiger charge is -2.24. The topological polar surface area (TPSA) is 61.0 Å². The summed E-state index contributed by atoms with van der Waals surface area (Å²) in [5, 5.41) is 4.27. The zero-order valence-corrected chi connectivity index (χ0v) is 15.1. The summed E-state index contributed by atoms with van der Waals surface area (Å²) in [4.78, 5) is 21.4. The van der Waals surface area contributed by atoms with Gasteiger partial charge in [0, 0.05) is 13.1 Å². The standard InChI is InChI=1S/C19H19FN4OS/c1-2-24(19(26)21-11-13-7-9-14(20)10-8-13)12-17-22-16-6-4-3-5-15(16)18(25)23-17/h3-10H,2,11-12H2,1H3,(H,21,26)(H,22,23,25). The molecule has 1 aromatic heterocycles. The van der Waals surface area contributed by atoms with Gasteiger partial charge in [0.15, 0.2) is 5.11 Å². The zero-order chi connectivity index (χ0) is 18.5. The number of para-hydroxylation sites is 1. The SMILES string of the molecule is CCN(Cc1nc2ccccc2c(=O)[nH]1)C(=S)NCc1ccc(F)cc1. The van der Waals surface area contributed by atoms with E-state index in [0.29, 0.717) is 41.5 Å². The van der Waals surface area contributed by atoms with Gasteiger partial charge in [-0.3, -0.25) is 4.79 Å². The Morgan fingerprint density at radius 2 is 1.96 bits per heavy atom. The van der Waals surface area contributed by atoms with Gasteiger partial charge in [-0.1, -0.05) is 24.3 Å². The first-order valence-corrected chi connectivity index (χ1v) is 8.73. The van der Waals surface area contributed by atoms with Crippen LogP contribution in [-0.4, -0.2) is 26.5 Å². The van der Waals surface area contributed by atoms with Crippen LogP contribution < -0.4 is 10.9 Å². The summed E-state index contributed by atoms with van der Waals surface area (Å²) in [7, 11) is 0. The van der Waals surface area contributed by atoms with Gasteiger partial charge in [-0.2, -0.15) is 0 Å². The molecule has 2 N–H and O–H groups in total. The number of halogens is 1. The molecule has 0 saturated carbocycles. The molecule has 0 saturated heterocycles. The number of thiocarbonyl (C=S) groups is 1. The second-order valence-electron chi connectivity index (χ2n) is 5.83. The number of fused-ring (bicyclic) bond motifs is 1. The number of nitrogens with zero attached hydrogens (tertiary/aromatic N) is 2. The maximum Gasteiger partial charge on any atom is 0.258 e. The number of aromatic amines is 1. The third kappa shape index (κ3) is 4.23. The van der Waals surface area contributed by atoms with Gasteiger partial charge in [-0.05, 0) is 49.0 Å². The van der Waals surface area contributed by atoms with E-state index < -0.39 is 0 Å². The van der Waals surface area contributed by atoms with Crippen molar-refractivity contribution in [2.75, 3.05) is 6.54 Å². The largest absolute Gasteiger partial charge is 0.358 e. The molecule has 0 aliphatic rings. The fourth-order valence-corrected chi connectivity index (χ4v) is 2.88. The van der Waals surface area contributed by atoms with Crippen molar-refractivity contribution in [3.63, 3.8) is 0 Å². The van der Waals surface area contributed by atoms with E-state index in [1.165, 1.54) is 12.1 Å². The Hall–Kier alpha value is -2.80. The van der Waals surface area contributed by atoms with Gasteiger partial charge in [-0.25, -0.2) is 9.37 Å². The molecule has 5 nitrogen and oxygen atoms in total. The van der Waals surface area contributed by atoms with Crippen LogP contribution in [0, 0.1) is 5.82 Å². The van der Waals surface area contributed by atoms with Crippen molar-refractivity contribution >= 4 is 28.2 Å². The van der Waals surface area contributed by atoms with Crippen molar-refractivity contribution in [2.24, 2.45) is 0 Å². The predicted molar refractivity (Wildman–Crippen MR) is 104 cm³/mol. The lowest BCUT2D eigenvalue weighted by Crippen LogP contribution is -2.39. The number of hydrogen-bond donors (Lipinski definition) is 2. The third-order valence-corrected chi connectivity index (χ3v) is 4.43. The molecule has 0 amide bonds. The number of hydrogen-bond acceptors (Lipinski definition) is 3. The second kappa shape index (κ2) is 8.05. The average molecular weight is 370 g/mol. The van der Waals surface area contributed by atoms with Crippen molar-refractivity contribution in [2.45, 2.75) is 20.0 Å². The van der Waals surface area contributed by atoms with E-state index in [2.05, 4.69) is 15.3 Å². The highest BCUT2D eigenvalue weighted by Crippen LogP contribution is 2.08. The van der Waals surface area contributed by atoms with Crippen LogP contribution in [-0.2, 0) is 13.1 Å². The number of H-pyrrole nitrogens is 1. The van der Waals surface area contributed by atoms with Gasteiger partial charge in [0.05, 0.1) is 17.4 Å². The average Bonchev–Trinajstić information content (AvgIpc) is 2.65. The molecule has 3 rings (SSSR count). The van der Waals surface area contributed by atoms with Crippen molar-refractivity contribution in [1.29, 1.82) is 0 Å². The first-order chi connectivity index (χ1) is 12.6. The Kier molecular flexibility index (Phi) is 5.58. The Morgan fingerprint density at radius 3 is 2.69 bits per heavy atom. The quantitative estimate of drug-likeness (QED) is 0.676. The first-order valence-electron chi connectivity index (χ1n) is 8.32. The Bertz CT molecular complexity index is 971. The summed E-state index contributed by atoms with van der Waals surface area (Å²) in [5.41, 5.74) is 1.43. The second-order valence-corrected chi connectivity index (χ2v) is 6.22. The highest BCUT2D eigenvalue weighted by molar-refractivity contribution is 7.80. The third-order valence-electron chi connectivity index (χ3n) is 4.03. The minimum Gasteiger partial charge on any atom is -0.358 e. The van der Waals surface area contributed by atoms with Gasteiger partial charge >= 0.3 is 0 Å². The maximum atomic E-state index is 13.0. The molecule has 0 spiro atoms. The van der Waals surface area contributed by atoms with E-state index in [1.807, 2.05) is 30.0 Å². The molecule has 0 bridgehead atoms. The smallest absolute Gasteiger partial charge is 0.258 e. The Morgan fingerprint density at radius 1 is 1.23 bits per heavy atom. The number of aromatic nitrogens is 2. The van der Waals surface area contributed by atoms with Crippen LogP contribution in [0.3, 0.4) is 0 Å². The van der Waals surface area contributed by atoms with Crippen LogP contribution in [0.25, 0.3) is 10.9 Å². The van der Waals surface area contributed by atoms with Crippen molar-refractivity contribution in [1.82, 2.24) is 20.2 Å². The van der Waals surface area contributed by atoms with Gasteiger partial charge < -0.3 is 15.2 Å². The van der Waals surface area contributed by atoms with Crippen LogP contribution in [0.15, 0.2) is 53.3 Å². The molecule has 7 heteroatoms. The summed E-state index contributed by atoms with van der Waals surface area (Å²) >= 11 is 5.45. The fourth-order valence-electron chi connectivity index (χ4n) is 2.61. The van der Waals surface area contributed by atoms with Crippen LogP contribution in [0.1, 0.15) is 18.3 Å². The number of nitrogens with one attached hydrogen (secondary N) is 2. The summed E-state index contributed by atoms with van der Waals surface area (Å²) < 4.78 is 13.0. The van der Waals surface area contributed by atoms with Crippen LogP contribution >= 0.6 is 12.2 Å². The minimum absolute atomic E-state index is 0.160. The van der Waals surface area contributed by atoms with E-state index in [1.54, 1.807) is 18.2 Å². The molecule has 0 atom stereocenters. The summed E-state index contributed by atoms with van der Waals surface area (Å²) in [5.74, 6) is 0.291. The molecule has 3 aromatic rings. The van der Waals surface area contributed by atoms with E-state index in [4.69, 9.17) is 12.2 Å². The van der Waals surface area contributed by atoms with Crippen LogP contribution in [0.2, 0.25) is 0 Å². The lowest BCUT2D eigenvalue weighted by atomic mass is 10.2. The van der Waals surface area contributed by atoms with E-state index in [-0.39, 0.29) is 11.4 Å². The molecule has 26 heavy (non-hydrogen) atoms.